The number of nitrogens with one attached hydrogen (secondary N) is 1. The molecule has 0 radical (unpaired) electrons. The number of hydrogen-bond acceptors (Lipinski definition) is 6. The van der Waals surface area contributed by atoms with E-state index >= 15 is 0 Å². The maximum Gasteiger partial charge on any atom is 0.273 e. The predicted octanol–water partition coefficient (Wildman–Crippen LogP) is 5.80. The average Bonchev–Trinajstić information content (AvgIpc) is 3.38. The standard InChI is InChI=1S/C30H39N3O5/c1-17(2)16-38-23-10-9-21(15-24(23)36-7)29-26-27(25-20(6)13-19(5)14-22(25)34)31-32-28(26)30(35)33(29)11-8-12-37-18(3)4/h9-10,13-15,17-18,29,34H,8,11-12,16H2,1-7H3,(H,31,32). The Morgan fingerprint density at radius 3 is 2.53 bits per heavy atom. The SMILES string of the molecule is COc1cc(C2c3c(-c4c(C)cc(C)cc4O)n[nH]c3C(=O)N2CCCOC(C)C)ccc1OCC(C)C. The predicted molar refractivity (Wildman–Crippen MR) is 147 cm³/mol. The lowest BCUT2D eigenvalue weighted by molar-refractivity contribution is 0.0601. The first-order valence-corrected chi connectivity index (χ1v) is 13.2. The van der Waals surface area contributed by atoms with Crippen LogP contribution in [0, 0.1) is 19.8 Å². The molecule has 0 saturated carbocycles. The van der Waals surface area contributed by atoms with E-state index < -0.39 is 6.04 Å². The van der Waals surface area contributed by atoms with Crippen molar-refractivity contribution in [3.05, 3.63) is 58.3 Å². The largest absolute Gasteiger partial charge is 0.507 e. The van der Waals surface area contributed by atoms with Crippen LogP contribution in [0.3, 0.4) is 0 Å². The normalized spacial score (nSPS) is 15.0. The van der Waals surface area contributed by atoms with Gasteiger partial charge >= 0.3 is 0 Å². The molecular weight excluding hydrogens is 482 g/mol. The number of ether oxygens (including phenoxy) is 3. The van der Waals surface area contributed by atoms with E-state index in [4.69, 9.17) is 14.2 Å². The van der Waals surface area contributed by atoms with Crippen LogP contribution in [0.5, 0.6) is 17.2 Å². The van der Waals surface area contributed by atoms with Gasteiger partial charge in [-0.3, -0.25) is 9.89 Å². The lowest BCUT2D eigenvalue weighted by atomic mass is 9.93. The van der Waals surface area contributed by atoms with Gasteiger partial charge < -0.3 is 24.2 Å². The van der Waals surface area contributed by atoms with Gasteiger partial charge in [-0.15, -0.1) is 0 Å². The Kier molecular flexibility index (Phi) is 8.31. The number of carbonyl (C=O) groups excluding carboxylic acids is 1. The van der Waals surface area contributed by atoms with Gasteiger partial charge in [0.1, 0.15) is 17.1 Å². The van der Waals surface area contributed by atoms with Crippen LogP contribution in [-0.4, -0.2) is 59.1 Å². The number of rotatable bonds is 11. The van der Waals surface area contributed by atoms with E-state index in [0.29, 0.717) is 60.5 Å². The van der Waals surface area contributed by atoms with E-state index in [9.17, 15) is 9.90 Å². The first-order valence-electron chi connectivity index (χ1n) is 13.2. The van der Waals surface area contributed by atoms with E-state index in [1.54, 1.807) is 13.2 Å². The van der Waals surface area contributed by atoms with Crippen molar-refractivity contribution in [1.82, 2.24) is 15.1 Å². The minimum Gasteiger partial charge on any atom is -0.507 e. The Morgan fingerprint density at radius 1 is 1.11 bits per heavy atom. The van der Waals surface area contributed by atoms with Crippen molar-refractivity contribution in [1.29, 1.82) is 0 Å². The molecule has 0 saturated heterocycles. The number of nitrogens with zero attached hydrogens (tertiary/aromatic N) is 2. The highest BCUT2D eigenvalue weighted by Gasteiger charge is 2.42. The number of fused-ring (bicyclic) bond motifs is 1. The molecule has 204 valence electrons. The van der Waals surface area contributed by atoms with Crippen molar-refractivity contribution < 1.29 is 24.1 Å². The van der Waals surface area contributed by atoms with E-state index in [0.717, 1.165) is 22.3 Å². The Bertz CT molecular complexity index is 1270. The highest BCUT2D eigenvalue weighted by Crippen LogP contribution is 2.46. The number of aryl methyl sites for hydroxylation is 2. The minimum atomic E-state index is -0.418. The molecule has 3 aromatic rings. The first kappa shape index (κ1) is 27.5. The van der Waals surface area contributed by atoms with Crippen LogP contribution in [0.15, 0.2) is 30.3 Å². The third-order valence-corrected chi connectivity index (χ3v) is 6.63. The molecule has 1 aromatic heterocycles. The van der Waals surface area contributed by atoms with E-state index in [1.807, 2.05) is 56.9 Å². The second-order valence-electron chi connectivity index (χ2n) is 10.6. The van der Waals surface area contributed by atoms with Gasteiger partial charge in [-0.2, -0.15) is 5.10 Å². The number of phenolic OH excluding ortho intramolecular Hbond substituents is 1. The summed E-state index contributed by atoms with van der Waals surface area (Å²) in [5, 5.41) is 18.4. The summed E-state index contributed by atoms with van der Waals surface area (Å²) in [6.07, 6.45) is 0.813. The monoisotopic (exact) mass is 521 g/mol. The zero-order chi connectivity index (χ0) is 27.6. The number of aromatic nitrogens is 2. The highest BCUT2D eigenvalue weighted by atomic mass is 16.5. The summed E-state index contributed by atoms with van der Waals surface area (Å²) < 4.78 is 17.4. The van der Waals surface area contributed by atoms with Crippen LogP contribution in [0.2, 0.25) is 0 Å². The molecule has 1 unspecified atom stereocenters. The lowest BCUT2D eigenvalue weighted by Gasteiger charge is -2.27. The number of phenols is 1. The summed E-state index contributed by atoms with van der Waals surface area (Å²) in [6.45, 7) is 13.7. The molecule has 1 aliphatic rings. The highest BCUT2D eigenvalue weighted by molar-refractivity contribution is 6.00. The van der Waals surface area contributed by atoms with Gasteiger partial charge in [0.25, 0.3) is 5.91 Å². The molecule has 0 spiro atoms. The number of amides is 1. The average molecular weight is 522 g/mol. The lowest BCUT2D eigenvalue weighted by Crippen LogP contribution is -2.31. The maximum absolute atomic E-state index is 13.7. The van der Waals surface area contributed by atoms with Gasteiger partial charge in [-0.1, -0.05) is 26.0 Å². The number of hydrogen-bond donors (Lipinski definition) is 2. The van der Waals surface area contributed by atoms with Crippen molar-refractivity contribution in [3.63, 3.8) is 0 Å². The zero-order valence-corrected chi connectivity index (χ0v) is 23.4. The van der Waals surface area contributed by atoms with Crippen molar-refractivity contribution in [2.24, 2.45) is 5.92 Å². The number of carbonyl (C=O) groups is 1. The molecule has 2 N–H and O–H groups in total. The van der Waals surface area contributed by atoms with Gasteiger partial charge in [0.05, 0.1) is 25.9 Å². The number of methoxy groups -OCH3 is 1. The van der Waals surface area contributed by atoms with Gasteiger partial charge in [-0.05, 0) is 74.9 Å². The second-order valence-corrected chi connectivity index (χ2v) is 10.6. The van der Waals surface area contributed by atoms with Gasteiger partial charge in [0.15, 0.2) is 11.5 Å². The second kappa shape index (κ2) is 11.5. The van der Waals surface area contributed by atoms with E-state index in [-0.39, 0.29) is 17.8 Å². The fourth-order valence-electron chi connectivity index (χ4n) is 5.00. The summed E-state index contributed by atoms with van der Waals surface area (Å²) in [5.74, 6) is 1.65. The number of aromatic hydroxyl groups is 1. The molecule has 1 amide bonds. The van der Waals surface area contributed by atoms with Crippen molar-refractivity contribution in [2.75, 3.05) is 26.9 Å². The number of aromatic amines is 1. The van der Waals surface area contributed by atoms with Gasteiger partial charge in [0.2, 0.25) is 0 Å². The Hall–Kier alpha value is -3.52. The van der Waals surface area contributed by atoms with Crippen LogP contribution < -0.4 is 9.47 Å². The van der Waals surface area contributed by atoms with Crippen molar-refractivity contribution >= 4 is 5.91 Å². The molecule has 38 heavy (non-hydrogen) atoms. The third kappa shape index (κ3) is 5.50. The van der Waals surface area contributed by atoms with Crippen molar-refractivity contribution in [3.8, 4) is 28.5 Å². The summed E-state index contributed by atoms with van der Waals surface area (Å²) in [7, 11) is 1.62. The first-order chi connectivity index (χ1) is 18.1. The fraction of sp³-hybridized carbons (Fsp3) is 0.467. The summed E-state index contributed by atoms with van der Waals surface area (Å²) in [4.78, 5) is 15.5. The molecule has 0 bridgehead atoms. The minimum absolute atomic E-state index is 0.124. The molecule has 1 atom stereocenters. The molecular formula is C30H39N3O5. The Morgan fingerprint density at radius 2 is 1.87 bits per heavy atom. The van der Waals surface area contributed by atoms with Crippen LogP contribution >= 0.6 is 0 Å². The molecule has 0 fully saturated rings. The zero-order valence-electron chi connectivity index (χ0n) is 23.4. The van der Waals surface area contributed by atoms with Crippen LogP contribution in [-0.2, 0) is 4.74 Å². The van der Waals surface area contributed by atoms with E-state index in [1.165, 1.54) is 0 Å². The Balaban J connectivity index is 1.80. The smallest absolute Gasteiger partial charge is 0.273 e. The van der Waals surface area contributed by atoms with Crippen LogP contribution in [0.4, 0.5) is 0 Å². The number of benzene rings is 2. The van der Waals surface area contributed by atoms with Gasteiger partial charge in [0, 0.05) is 24.3 Å². The fourth-order valence-corrected chi connectivity index (χ4v) is 5.00. The summed E-state index contributed by atoms with van der Waals surface area (Å²) in [5.41, 5.74) is 5.11. The third-order valence-electron chi connectivity index (χ3n) is 6.63. The molecule has 2 heterocycles. The molecule has 0 aliphatic carbocycles. The van der Waals surface area contributed by atoms with E-state index in [2.05, 4.69) is 24.0 Å². The molecule has 8 heteroatoms. The van der Waals surface area contributed by atoms with Crippen LogP contribution in [0.1, 0.15) is 72.9 Å². The molecule has 8 nitrogen and oxygen atoms in total. The Labute approximate surface area is 224 Å². The maximum atomic E-state index is 13.7. The van der Waals surface area contributed by atoms with Gasteiger partial charge in [-0.25, -0.2) is 0 Å². The summed E-state index contributed by atoms with van der Waals surface area (Å²) in [6, 6.07) is 9.11. The molecule has 1 aliphatic heterocycles. The number of H-pyrrole nitrogens is 1. The topological polar surface area (TPSA) is 96.9 Å². The summed E-state index contributed by atoms with van der Waals surface area (Å²) >= 11 is 0. The molecule has 4 rings (SSSR count). The van der Waals surface area contributed by atoms with Crippen LogP contribution in [0.25, 0.3) is 11.3 Å². The quantitative estimate of drug-likeness (QED) is 0.310. The molecule has 2 aromatic carbocycles. The van der Waals surface area contributed by atoms with Crippen molar-refractivity contribution in [2.45, 2.75) is 60.1 Å².